The van der Waals surface area contributed by atoms with E-state index >= 15 is 0 Å². The maximum absolute atomic E-state index is 12.3. The van der Waals surface area contributed by atoms with Crippen molar-refractivity contribution in [2.24, 2.45) is 0 Å². The SMILES string of the molecule is C[C@@H](Cc1ccco1)NC(=O)c1ccc(-c2noc(C3CC3)n2)cc1. The molecule has 0 saturated heterocycles. The number of carbonyl (C=O) groups excluding carboxylic acids is 1. The van der Waals surface area contributed by atoms with Gasteiger partial charge in [-0.2, -0.15) is 4.98 Å². The summed E-state index contributed by atoms with van der Waals surface area (Å²) in [5.41, 5.74) is 1.44. The molecule has 2 aromatic heterocycles. The standard InChI is InChI=1S/C19H19N3O3/c1-12(11-16-3-2-10-24-16)20-18(23)14-6-4-13(5-7-14)17-21-19(25-22-17)15-8-9-15/h2-7,10,12,15H,8-9,11H2,1H3,(H,20,23)/t12-/m0/s1. The van der Waals surface area contributed by atoms with Crippen LogP contribution in [0.25, 0.3) is 11.4 Å². The Morgan fingerprint density at radius 2 is 2.08 bits per heavy atom. The van der Waals surface area contributed by atoms with Gasteiger partial charge in [0.1, 0.15) is 5.76 Å². The van der Waals surface area contributed by atoms with Crippen LogP contribution < -0.4 is 5.32 Å². The number of furan rings is 1. The van der Waals surface area contributed by atoms with Gasteiger partial charge in [0.25, 0.3) is 5.91 Å². The zero-order chi connectivity index (χ0) is 17.2. The minimum atomic E-state index is -0.114. The Hall–Kier alpha value is -2.89. The summed E-state index contributed by atoms with van der Waals surface area (Å²) >= 11 is 0. The molecule has 1 aliphatic carbocycles. The lowest BCUT2D eigenvalue weighted by Crippen LogP contribution is -2.33. The van der Waals surface area contributed by atoms with Crippen molar-refractivity contribution in [3.8, 4) is 11.4 Å². The lowest BCUT2D eigenvalue weighted by Gasteiger charge is -2.12. The molecule has 6 nitrogen and oxygen atoms in total. The smallest absolute Gasteiger partial charge is 0.251 e. The van der Waals surface area contributed by atoms with Gasteiger partial charge in [-0.1, -0.05) is 17.3 Å². The molecule has 0 radical (unpaired) electrons. The van der Waals surface area contributed by atoms with Crippen molar-refractivity contribution in [1.29, 1.82) is 0 Å². The number of nitrogens with zero attached hydrogens (tertiary/aromatic N) is 2. The van der Waals surface area contributed by atoms with Crippen molar-refractivity contribution >= 4 is 5.91 Å². The van der Waals surface area contributed by atoms with E-state index in [1.165, 1.54) is 0 Å². The quantitative estimate of drug-likeness (QED) is 0.743. The maximum atomic E-state index is 12.3. The molecule has 0 bridgehead atoms. The van der Waals surface area contributed by atoms with Gasteiger partial charge in [0.15, 0.2) is 0 Å². The number of hydrogen-bond donors (Lipinski definition) is 1. The summed E-state index contributed by atoms with van der Waals surface area (Å²) < 4.78 is 10.6. The summed E-state index contributed by atoms with van der Waals surface area (Å²) in [5, 5.41) is 6.99. The van der Waals surface area contributed by atoms with Gasteiger partial charge in [-0.05, 0) is 44.0 Å². The third-order valence-corrected chi connectivity index (χ3v) is 4.24. The summed E-state index contributed by atoms with van der Waals surface area (Å²) in [4.78, 5) is 16.8. The van der Waals surface area contributed by atoms with Gasteiger partial charge in [0.05, 0.1) is 6.26 Å². The lowest BCUT2D eigenvalue weighted by molar-refractivity contribution is 0.0939. The number of nitrogens with one attached hydrogen (secondary N) is 1. The molecule has 1 fully saturated rings. The van der Waals surface area contributed by atoms with E-state index in [4.69, 9.17) is 8.94 Å². The van der Waals surface area contributed by atoms with Gasteiger partial charge in [-0.3, -0.25) is 4.79 Å². The average molecular weight is 337 g/mol. The Morgan fingerprint density at radius 1 is 1.28 bits per heavy atom. The summed E-state index contributed by atoms with van der Waals surface area (Å²) in [6.45, 7) is 1.95. The van der Waals surface area contributed by atoms with Crippen LogP contribution in [-0.2, 0) is 6.42 Å². The largest absolute Gasteiger partial charge is 0.469 e. The lowest BCUT2D eigenvalue weighted by atomic mass is 10.1. The van der Waals surface area contributed by atoms with E-state index < -0.39 is 0 Å². The molecule has 1 aliphatic rings. The molecule has 1 N–H and O–H groups in total. The molecule has 1 saturated carbocycles. The third kappa shape index (κ3) is 3.63. The molecule has 1 amide bonds. The van der Waals surface area contributed by atoms with E-state index in [-0.39, 0.29) is 11.9 Å². The molecule has 0 aliphatic heterocycles. The van der Waals surface area contributed by atoms with Crippen molar-refractivity contribution in [2.75, 3.05) is 0 Å². The molecule has 2 heterocycles. The number of hydrogen-bond acceptors (Lipinski definition) is 5. The van der Waals surface area contributed by atoms with E-state index in [0.717, 1.165) is 24.2 Å². The monoisotopic (exact) mass is 337 g/mol. The minimum absolute atomic E-state index is 0.0170. The van der Waals surface area contributed by atoms with Crippen molar-refractivity contribution in [1.82, 2.24) is 15.5 Å². The molecular formula is C19H19N3O3. The van der Waals surface area contributed by atoms with Crippen LogP contribution in [0.1, 0.15) is 47.7 Å². The first-order chi connectivity index (χ1) is 12.2. The van der Waals surface area contributed by atoms with Gasteiger partial charge < -0.3 is 14.3 Å². The van der Waals surface area contributed by atoms with Crippen molar-refractivity contribution < 1.29 is 13.7 Å². The number of carbonyl (C=O) groups is 1. The van der Waals surface area contributed by atoms with Gasteiger partial charge in [0.2, 0.25) is 11.7 Å². The Balaban J connectivity index is 1.39. The van der Waals surface area contributed by atoms with E-state index in [1.807, 2.05) is 31.2 Å². The zero-order valence-electron chi connectivity index (χ0n) is 13.9. The van der Waals surface area contributed by atoms with Gasteiger partial charge in [-0.15, -0.1) is 0 Å². The van der Waals surface area contributed by atoms with Crippen LogP contribution >= 0.6 is 0 Å². The predicted octanol–water partition coefficient (Wildman–Crippen LogP) is 3.57. The average Bonchev–Trinajstić information content (AvgIpc) is 3.13. The summed E-state index contributed by atoms with van der Waals surface area (Å²) in [6, 6.07) is 11.0. The number of benzene rings is 1. The minimum Gasteiger partial charge on any atom is -0.469 e. The van der Waals surface area contributed by atoms with Crippen molar-refractivity contribution in [3.05, 3.63) is 59.9 Å². The van der Waals surface area contributed by atoms with Crippen molar-refractivity contribution in [2.45, 2.75) is 38.1 Å². The first-order valence-corrected chi connectivity index (χ1v) is 8.46. The first kappa shape index (κ1) is 15.6. The molecular weight excluding hydrogens is 318 g/mol. The normalized spacial score (nSPS) is 15.1. The topological polar surface area (TPSA) is 81.2 Å². The highest BCUT2D eigenvalue weighted by Gasteiger charge is 2.29. The second-order valence-corrected chi connectivity index (χ2v) is 6.47. The van der Waals surface area contributed by atoms with Crippen LogP contribution in [0.3, 0.4) is 0 Å². The molecule has 0 unspecified atom stereocenters. The van der Waals surface area contributed by atoms with Gasteiger partial charge >= 0.3 is 0 Å². The second-order valence-electron chi connectivity index (χ2n) is 6.47. The maximum Gasteiger partial charge on any atom is 0.251 e. The molecule has 25 heavy (non-hydrogen) atoms. The summed E-state index contributed by atoms with van der Waals surface area (Å²) in [7, 11) is 0. The fraction of sp³-hybridized carbons (Fsp3) is 0.316. The Morgan fingerprint density at radius 3 is 2.76 bits per heavy atom. The molecule has 1 aromatic carbocycles. The Labute approximate surface area is 145 Å². The highest BCUT2D eigenvalue weighted by Crippen LogP contribution is 2.39. The number of amides is 1. The number of rotatable bonds is 6. The third-order valence-electron chi connectivity index (χ3n) is 4.24. The summed E-state index contributed by atoms with van der Waals surface area (Å²) in [6.07, 6.45) is 4.53. The van der Waals surface area contributed by atoms with Crippen LogP contribution in [0.4, 0.5) is 0 Å². The number of aromatic nitrogens is 2. The van der Waals surface area contributed by atoms with E-state index in [9.17, 15) is 4.79 Å². The van der Waals surface area contributed by atoms with Crippen LogP contribution in [0, 0.1) is 0 Å². The van der Waals surface area contributed by atoms with Crippen LogP contribution in [0.2, 0.25) is 0 Å². The van der Waals surface area contributed by atoms with Crippen LogP contribution in [0.5, 0.6) is 0 Å². The molecule has 6 heteroatoms. The van der Waals surface area contributed by atoms with Crippen LogP contribution in [0.15, 0.2) is 51.6 Å². The molecule has 0 spiro atoms. The molecule has 3 aromatic rings. The highest BCUT2D eigenvalue weighted by atomic mass is 16.5. The molecule has 4 rings (SSSR count). The Kier molecular flexibility index (Phi) is 4.09. The van der Waals surface area contributed by atoms with Crippen LogP contribution in [-0.4, -0.2) is 22.1 Å². The Bertz CT molecular complexity index is 848. The van der Waals surface area contributed by atoms with Gasteiger partial charge in [-0.25, -0.2) is 0 Å². The second kappa shape index (κ2) is 6.55. The van der Waals surface area contributed by atoms with E-state index in [0.29, 0.717) is 29.6 Å². The fourth-order valence-electron chi connectivity index (χ4n) is 2.71. The van der Waals surface area contributed by atoms with E-state index in [2.05, 4.69) is 15.5 Å². The first-order valence-electron chi connectivity index (χ1n) is 8.46. The van der Waals surface area contributed by atoms with E-state index in [1.54, 1.807) is 18.4 Å². The van der Waals surface area contributed by atoms with Gasteiger partial charge in [0, 0.05) is 29.5 Å². The zero-order valence-corrected chi connectivity index (χ0v) is 13.9. The molecule has 1 atom stereocenters. The highest BCUT2D eigenvalue weighted by molar-refractivity contribution is 5.94. The predicted molar refractivity (Wildman–Crippen MR) is 91.0 cm³/mol. The van der Waals surface area contributed by atoms with Crippen molar-refractivity contribution in [3.63, 3.8) is 0 Å². The molecule has 128 valence electrons. The fourth-order valence-corrected chi connectivity index (χ4v) is 2.71. The summed E-state index contributed by atoms with van der Waals surface area (Å²) in [5.74, 6) is 2.45.